The van der Waals surface area contributed by atoms with Crippen molar-refractivity contribution in [1.29, 1.82) is 0 Å². The number of ether oxygens (including phenoxy) is 1. The van der Waals surface area contributed by atoms with Crippen molar-refractivity contribution in [1.82, 2.24) is 0 Å². The van der Waals surface area contributed by atoms with E-state index in [4.69, 9.17) is 4.74 Å². The number of benzene rings is 1. The van der Waals surface area contributed by atoms with Crippen LogP contribution in [-0.2, 0) is 11.2 Å². The molecule has 1 aliphatic heterocycles. The highest BCUT2D eigenvalue weighted by Gasteiger charge is 2.35. The number of aliphatic hydroxyl groups excluding tert-OH is 1. The van der Waals surface area contributed by atoms with Gasteiger partial charge in [0, 0.05) is 6.61 Å². The van der Waals surface area contributed by atoms with Crippen molar-refractivity contribution in [2.45, 2.75) is 57.2 Å². The van der Waals surface area contributed by atoms with E-state index in [9.17, 15) is 5.11 Å². The third-order valence-electron chi connectivity index (χ3n) is 3.99. The summed E-state index contributed by atoms with van der Waals surface area (Å²) in [5.41, 5.74) is 1.04. The van der Waals surface area contributed by atoms with Gasteiger partial charge in [-0.15, -0.1) is 0 Å². The lowest BCUT2D eigenvalue weighted by atomic mass is 9.87. The maximum Gasteiger partial charge on any atom is 0.0912 e. The molecule has 18 heavy (non-hydrogen) atoms. The SMILES string of the molecule is CC1(C(O)CCCc2ccccc2)CCCCO1. The maximum atomic E-state index is 10.3. The molecule has 0 saturated carbocycles. The summed E-state index contributed by atoms with van der Waals surface area (Å²) in [5, 5.41) is 10.3. The predicted octanol–water partition coefficient (Wildman–Crippen LogP) is 3.33. The first-order valence-electron chi connectivity index (χ1n) is 7.07. The van der Waals surface area contributed by atoms with Crippen molar-refractivity contribution in [3.63, 3.8) is 0 Å². The van der Waals surface area contributed by atoms with E-state index in [1.165, 1.54) is 12.0 Å². The van der Waals surface area contributed by atoms with Crippen LogP contribution in [0.25, 0.3) is 0 Å². The molecule has 1 aromatic rings. The number of rotatable bonds is 5. The molecule has 2 nitrogen and oxygen atoms in total. The maximum absolute atomic E-state index is 10.3. The van der Waals surface area contributed by atoms with Gasteiger partial charge < -0.3 is 9.84 Å². The molecular weight excluding hydrogens is 224 g/mol. The van der Waals surface area contributed by atoms with Crippen LogP contribution in [0.5, 0.6) is 0 Å². The summed E-state index contributed by atoms with van der Waals surface area (Å²) in [6, 6.07) is 10.5. The molecule has 2 atom stereocenters. The van der Waals surface area contributed by atoms with E-state index < -0.39 is 0 Å². The summed E-state index contributed by atoms with van der Waals surface area (Å²) < 4.78 is 5.78. The largest absolute Gasteiger partial charge is 0.390 e. The van der Waals surface area contributed by atoms with Gasteiger partial charge in [-0.05, 0) is 51.0 Å². The van der Waals surface area contributed by atoms with Gasteiger partial charge in [-0.2, -0.15) is 0 Å². The van der Waals surface area contributed by atoms with Crippen LogP contribution < -0.4 is 0 Å². The average molecular weight is 248 g/mol. The van der Waals surface area contributed by atoms with E-state index in [0.29, 0.717) is 0 Å². The van der Waals surface area contributed by atoms with Gasteiger partial charge >= 0.3 is 0 Å². The van der Waals surface area contributed by atoms with E-state index in [0.717, 1.165) is 38.7 Å². The van der Waals surface area contributed by atoms with Gasteiger partial charge in [-0.1, -0.05) is 30.3 Å². The Hall–Kier alpha value is -0.860. The minimum absolute atomic E-state index is 0.311. The molecule has 0 radical (unpaired) electrons. The van der Waals surface area contributed by atoms with Gasteiger partial charge in [0.1, 0.15) is 0 Å². The Labute approximate surface area is 110 Å². The molecule has 100 valence electrons. The van der Waals surface area contributed by atoms with Gasteiger partial charge in [0.05, 0.1) is 11.7 Å². The Balaban J connectivity index is 1.76. The van der Waals surface area contributed by atoms with Gasteiger partial charge in [0.15, 0.2) is 0 Å². The molecule has 0 spiro atoms. The lowest BCUT2D eigenvalue weighted by molar-refractivity contribution is -0.138. The molecule has 0 aromatic heterocycles. The number of aliphatic hydroxyl groups is 1. The Bertz CT molecular complexity index is 341. The summed E-state index contributed by atoms with van der Waals surface area (Å²) >= 11 is 0. The molecule has 1 aliphatic rings. The van der Waals surface area contributed by atoms with Gasteiger partial charge in [0.2, 0.25) is 0 Å². The van der Waals surface area contributed by atoms with E-state index in [-0.39, 0.29) is 11.7 Å². The molecule has 0 bridgehead atoms. The second-order valence-corrected chi connectivity index (χ2v) is 5.51. The Morgan fingerprint density at radius 1 is 1.28 bits per heavy atom. The fourth-order valence-electron chi connectivity index (χ4n) is 2.67. The van der Waals surface area contributed by atoms with Crippen LogP contribution in [0.15, 0.2) is 30.3 Å². The molecule has 1 heterocycles. The van der Waals surface area contributed by atoms with E-state index in [1.54, 1.807) is 0 Å². The highest BCUT2D eigenvalue weighted by Crippen LogP contribution is 2.30. The molecule has 1 N–H and O–H groups in total. The first-order chi connectivity index (χ1) is 8.71. The number of aryl methyl sites for hydroxylation is 1. The van der Waals surface area contributed by atoms with E-state index >= 15 is 0 Å². The van der Waals surface area contributed by atoms with Crippen LogP contribution in [0.2, 0.25) is 0 Å². The third kappa shape index (κ3) is 3.56. The van der Waals surface area contributed by atoms with E-state index in [2.05, 4.69) is 31.2 Å². The quantitative estimate of drug-likeness (QED) is 0.866. The van der Waals surface area contributed by atoms with Crippen molar-refractivity contribution in [3.8, 4) is 0 Å². The van der Waals surface area contributed by atoms with Gasteiger partial charge in [-0.25, -0.2) is 0 Å². The van der Waals surface area contributed by atoms with Crippen LogP contribution in [0, 0.1) is 0 Å². The highest BCUT2D eigenvalue weighted by molar-refractivity contribution is 5.14. The molecule has 2 rings (SSSR count). The molecular formula is C16H24O2. The summed E-state index contributed by atoms with van der Waals surface area (Å²) in [7, 11) is 0. The van der Waals surface area contributed by atoms with Crippen LogP contribution in [0.4, 0.5) is 0 Å². The lowest BCUT2D eigenvalue weighted by Gasteiger charge is -2.38. The van der Waals surface area contributed by atoms with Crippen LogP contribution in [0.1, 0.15) is 44.6 Å². The molecule has 0 aliphatic carbocycles. The van der Waals surface area contributed by atoms with Crippen LogP contribution in [-0.4, -0.2) is 23.4 Å². The van der Waals surface area contributed by atoms with Crippen molar-refractivity contribution in [3.05, 3.63) is 35.9 Å². The molecule has 1 saturated heterocycles. The molecule has 1 aromatic carbocycles. The average Bonchev–Trinajstić information content (AvgIpc) is 2.41. The fourth-order valence-corrected chi connectivity index (χ4v) is 2.67. The Morgan fingerprint density at radius 2 is 2.06 bits per heavy atom. The predicted molar refractivity (Wildman–Crippen MR) is 73.6 cm³/mol. The minimum Gasteiger partial charge on any atom is -0.390 e. The van der Waals surface area contributed by atoms with Crippen LogP contribution in [0.3, 0.4) is 0 Å². The first-order valence-corrected chi connectivity index (χ1v) is 7.07. The van der Waals surface area contributed by atoms with Crippen molar-refractivity contribution >= 4 is 0 Å². The Morgan fingerprint density at radius 3 is 2.72 bits per heavy atom. The highest BCUT2D eigenvalue weighted by atomic mass is 16.5. The molecule has 0 amide bonds. The second kappa shape index (κ2) is 6.35. The summed E-state index contributed by atoms with van der Waals surface area (Å²) in [4.78, 5) is 0. The standard InChI is InChI=1S/C16H24O2/c1-16(12-5-6-13-18-16)15(17)11-7-10-14-8-3-2-4-9-14/h2-4,8-9,15,17H,5-7,10-13H2,1H3. The fraction of sp³-hybridized carbons (Fsp3) is 0.625. The molecule has 2 heteroatoms. The summed E-state index contributed by atoms with van der Waals surface area (Å²) in [6.45, 7) is 2.85. The monoisotopic (exact) mass is 248 g/mol. The van der Waals surface area contributed by atoms with Crippen molar-refractivity contribution in [2.75, 3.05) is 6.61 Å². The normalized spacial score (nSPS) is 25.9. The summed E-state index contributed by atoms with van der Waals surface area (Å²) in [6.07, 6.45) is 5.84. The summed E-state index contributed by atoms with van der Waals surface area (Å²) in [5.74, 6) is 0. The second-order valence-electron chi connectivity index (χ2n) is 5.51. The lowest BCUT2D eigenvalue weighted by Crippen LogP contribution is -2.44. The van der Waals surface area contributed by atoms with Gasteiger partial charge in [-0.3, -0.25) is 0 Å². The zero-order valence-corrected chi connectivity index (χ0v) is 11.3. The molecule has 2 unspecified atom stereocenters. The van der Waals surface area contributed by atoms with Crippen LogP contribution >= 0.6 is 0 Å². The third-order valence-corrected chi connectivity index (χ3v) is 3.99. The zero-order valence-electron chi connectivity index (χ0n) is 11.3. The number of hydrogen-bond acceptors (Lipinski definition) is 2. The first kappa shape index (κ1) is 13.6. The zero-order chi connectivity index (χ0) is 12.8. The Kier molecular flexibility index (Phi) is 4.79. The minimum atomic E-state index is -0.332. The van der Waals surface area contributed by atoms with Crippen molar-refractivity contribution in [2.24, 2.45) is 0 Å². The van der Waals surface area contributed by atoms with Gasteiger partial charge in [0.25, 0.3) is 0 Å². The van der Waals surface area contributed by atoms with E-state index in [1.807, 2.05) is 6.07 Å². The van der Waals surface area contributed by atoms with Crippen molar-refractivity contribution < 1.29 is 9.84 Å². The smallest absolute Gasteiger partial charge is 0.0912 e. The topological polar surface area (TPSA) is 29.5 Å². The number of hydrogen-bond donors (Lipinski definition) is 1. The molecule has 1 fully saturated rings.